The molecule has 0 fully saturated rings. The fourth-order valence-corrected chi connectivity index (χ4v) is 3.68. The lowest BCUT2D eigenvalue weighted by Gasteiger charge is -2.17. The molecule has 25 heavy (non-hydrogen) atoms. The van der Waals surface area contributed by atoms with E-state index in [0.717, 1.165) is 16.0 Å². The number of aryl methyl sites for hydroxylation is 1. The summed E-state index contributed by atoms with van der Waals surface area (Å²) in [6.07, 6.45) is 0. The number of carbonyl (C=O) groups excluding carboxylic acids is 2. The first-order valence-corrected chi connectivity index (χ1v) is 8.69. The maximum atomic E-state index is 13.0. The van der Waals surface area contributed by atoms with E-state index in [-0.39, 0.29) is 5.91 Å². The van der Waals surface area contributed by atoms with Crippen LogP contribution in [0.15, 0.2) is 66.7 Å². The molecule has 0 aliphatic heterocycles. The molecular formula is C20H18N2O2S. The standard InChI is InChI=1S/C20H18N2O2S/c1-13-12-16(18(21)23)20(25-13)22-19(24)17(14-8-4-2-5-9-14)15-10-6-3-7-11-15/h2-12,17H,1H3,(H2,21,23)(H,22,24). The molecule has 0 atom stereocenters. The van der Waals surface area contributed by atoms with Crippen LogP contribution in [0.5, 0.6) is 0 Å². The third-order valence-corrected chi connectivity index (χ3v) is 4.85. The number of hydrogen-bond acceptors (Lipinski definition) is 3. The van der Waals surface area contributed by atoms with Crippen LogP contribution in [0.25, 0.3) is 0 Å². The molecule has 0 aliphatic rings. The van der Waals surface area contributed by atoms with Gasteiger partial charge in [-0.2, -0.15) is 0 Å². The van der Waals surface area contributed by atoms with Gasteiger partial charge in [0.25, 0.3) is 5.91 Å². The van der Waals surface area contributed by atoms with E-state index in [4.69, 9.17) is 5.73 Å². The molecule has 0 aliphatic carbocycles. The van der Waals surface area contributed by atoms with Crippen molar-refractivity contribution in [2.24, 2.45) is 5.73 Å². The van der Waals surface area contributed by atoms with Crippen LogP contribution in [0.4, 0.5) is 5.00 Å². The lowest BCUT2D eigenvalue weighted by Crippen LogP contribution is -2.23. The Morgan fingerprint density at radius 3 is 1.96 bits per heavy atom. The lowest BCUT2D eigenvalue weighted by molar-refractivity contribution is -0.116. The molecule has 2 aromatic carbocycles. The van der Waals surface area contributed by atoms with Crippen LogP contribution in [0, 0.1) is 6.92 Å². The molecule has 0 radical (unpaired) electrons. The molecule has 3 aromatic rings. The summed E-state index contributed by atoms with van der Waals surface area (Å²) in [4.78, 5) is 25.6. The van der Waals surface area contributed by atoms with Gasteiger partial charge >= 0.3 is 0 Å². The lowest BCUT2D eigenvalue weighted by atomic mass is 9.90. The number of nitrogens with two attached hydrogens (primary N) is 1. The molecule has 0 spiro atoms. The molecule has 5 heteroatoms. The molecule has 0 unspecified atom stereocenters. The van der Waals surface area contributed by atoms with E-state index in [1.165, 1.54) is 11.3 Å². The van der Waals surface area contributed by atoms with E-state index in [2.05, 4.69) is 5.32 Å². The van der Waals surface area contributed by atoms with Crippen molar-refractivity contribution in [3.8, 4) is 0 Å². The van der Waals surface area contributed by atoms with E-state index in [0.29, 0.717) is 10.6 Å². The van der Waals surface area contributed by atoms with Crippen molar-refractivity contribution in [1.82, 2.24) is 0 Å². The average Bonchev–Trinajstić information content (AvgIpc) is 2.97. The second-order valence-electron chi connectivity index (χ2n) is 5.71. The molecule has 0 saturated carbocycles. The van der Waals surface area contributed by atoms with Crippen LogP contribution < -0.4 is 11.1 Å². The minimum absolute atomic E-state index is 0.193. The first-order valence-electron chi connectivity index (χ1n) is 7.87. The smallest absolute Gasteiger partial charge is 0.251 e. The third kappa shape index (κ3) is 3.78. The summed E-state index contributed by atoms with van der Waals surface area (Å²) >= 11 is 1.35. The highest BCUT2D eigenvalue weighted by Crippen LogP contribution is 2.31. The predicted molar refractivity (Wildman–Crippen MR) is 101 cm³/mol. The number of primary amides is 1. The highest BCUT2D eigenvalue weighted by Gasteiger charge is 2.24. The number of thiophene rings is 1. The summed E-state index contributed by atoms with van der Waals surface area (Å²) in [6.45, 7) is 1.87. The largest absolute Gasteiger partial charge is 0.366 e. The van der Waals surface area contributed by atoms with E-state index < -0.39 is 11.8 Å². The van der Waals surface area contributed by atoms with E-state index in [1.54, 1.807) is 6.07 Å². The Morgan fingerprint density at radius 2 is 1.48 bits per heavy atom. The number of carbonyl (C=O) groups is 2. The van der Waals surface area contributed by atoms with Crippen LogP contribution in [-0.2, 0) is 4.79 Å². The van der Waals surface area contributed by atoms with E-state index in [1.807, 2.05) is 67.6 Å². The molecule has 0 bridgehead atoms. The highest BCUT2D eigenvalue weighted by atomic mass is 32.1. The number of hydrogen-bond donors (Lipinski definition) is 2. The molecular weight excluding hydrogens is 332 g/mol. The fourth-order valence-electron chi connectivity index (χ4n) is 2.76. The summed E-state index contributed by atoms with van der Waals surface area (Å²) in [5.41, 5.74) is 7.54. The first-order chi connectivity index (χ1) is 12.1. The average molecular weight is 350 g/mol. The maximum absolute atomic E-state index is 13.0. The summed E-state index contributed by atoms with van der Waals surface area (Å²) in [7, 11) is 0. The van der Waals surface area contributed by atoms with Crippen molar-refractivity contribution >= 4 is 28.2 Å². The minimum Gasteiger partial charge on any atom is -0.366 e. The summed E-state index contributed by atoms with van der Waals surface area (Å²) in [5.74, 6) is -1.21. The topological polar surface area (TPSA) is 72.2 Å². The zero-order chi connectivity index (χ0) is 17.8. The van der Waals surface area contributed by atoms with Crippen LogP contribution in [0.1, 0.15) is 32.3 Å². The summed E-state index contributed by atoms with van der Waals surface area (Å²) in [6, 6.07) is 20.8. The molecule has 1 heterocycles. The Hall–Kier alpha value is -2.92. The van der Waals surface area contributed by atoms with E-state index in [9.17, 15) is 9.59 Å². The molecule has 2 amide bonds. The summed E-state index contributed by atoms with van der Waals surface area (Å²) < 4.78 is 0. The van der Waals surface area contributed by atoms with Crippen LogP contribution >= 0.6 is 11.3 Å². The SMILES string of the molecule is Cc1cc(C(N)=O)c(NC(=O)C(c2ccccc2)c2ccccc2)s1. The first kappa shape index (κ1) is 16.9. The number of benzene rings is 2. The van der Waals surface area contributed by atoms with E-state index >= 15 is 0 Å². The second kappa shape index (κ2) is 7.32. The van der Waals surface area contributed by atoms with Gasteiger partial charge in [-0.15, -0.1) is 11.3 Å². The second-order valence-corrected chi connectivity index (χ2v) is 6.96. The number of amides is 2. The molecule has 0 saturated heterocycles. The fraction of sp³-hybridized carbons (Fsp3) is 0.100. The van der Waals surface area contributed by atoms with Gasteiger partial charge in [-0.05, 0) is 24.1 Å². The minimum atomic E-state index is -0.546. The van der Waals surface area contributed by atoms with Crippen molar-refractivity contribution in [2.75, 3.05) is 5.32 Å². The van der Waals surface area contributed by atoms with Gasteiger partial charge in [0.1, 0.15) is 5.00 Å². The van der Waals surface area contributed by atoms with Gasteiger partial charge in [-0.25, -0.2) is 0 Å². The normalized spacial score (nSPS) is 10.6. The number of nitrogens with one attached hydrogen (secondary N) is 1. The van der Waals surface area contributed by atoms with Gasteiger partial charge in [-0.1, -0.05) is 60.7 Å². The van der Waals surface area contributed by atoms with Crippen molar-refractivity contribution in [1.29, 1.82) is 0 Å². The molecule has 126 valence electrons. The Bertz CT molecular complexity index is 849. The quantitative estimate of drug-likeness (QED) is 0.732. The predicted octanol–water partition coefficient (Wildman–Crippen LogP) is 3.93. The zero-order valence-corrected chi connectivity index (χ0v) is 14.5. The van der Waals surface area contributed by atoms with Crippen LogP contribution in [0.3, 0.4) is 0 Å². The Kier molecular flexibility index (Phi) is 4.95. The molecule has 3 N–H and O–H groups in total. The summed E-state index contributed by atoms with van der Waals surface area (Å²) in [5, 5.41) is 3.38. The van der Waals surface area contributed by atoms with Gasteiger partial charge in [0.2, 0.25) is 5.91 Å². The number of rotatable bonds is 5. The van der Waals surface area contributed by atoms with Crippen molar-refractivity contribution < 1.29 is 9.59 Å². The van der Waals surface area contributed by atoms with Crippen molar-refractivity contribution in [3.63, 3.8) is 0 Å². The van der Waals surface area contributed by atoms with Crippen LogP contribution in [0.2, 0.25) is 0 Å². The Labute approximate surface area is 150 Å². The maximum Gasteiger partial charge on any atom is 0.251 e. The molecule has 4 nitrogen and oxygen atoms in total. The van der Waals surface area contributed by atoms with Crippen molar-refractivity contribution in [3.05, 3.63) is 88.3 Å². The van der Waals surface area contributed by atoms with Crippen LogP contribution in [-0.4, -0.2) is 11.8 Å². The molecule has 3 rings (SSSR count). The molecule has 1 aromatic heterocycles. The van der Waals surface area contributed by atoms with Gasteiger partial charge in [0.15, 0.2) is 0 Å². The van der Waals surface area contributed by atoms with Gasteiger partial charge in [0.05, 0.1) is 11.5 Å². The third-order valence-electron chi connectivity index (χ3n) is 3.89. The van der Waals surface area contributed by atoms with Gasteiger partial charge < -0.3 is 11.1 Å². The van der Waals surface area contributed by atoms with Gasteiger partial charge in [-0.3, -0.25) is 9.59 Å². The van der Waals surface area contributed by atoms with Crippen molar-refractivity contribution in [2.45, 2.75) is 12.8 Å². The Morgan fingerprint density at radius 1 is 0.960 bits per heavy atom. The van der Waals surface area contributed by atoms with Gasteiger partial charge in [0, 0.05) is 4.88 Å². The number of anilines is 1. The zero-order valence-electron chi connectivity index (χ0n) is 13.7. The Balaban J connectivity index is 1.97. The monoisotopic (exact) mass is 350 g/mol. The highest BCUT2D eigenvalue weighted by molar-refractivity contribution is 7.16.